The largest absolute Gasteiger partial charge is 0.465 e. The van der Waals surface area contributed by atoms with E-state index in [0.29, 0.717) is 35.4 Å². The van der Waals surface area contributed by atoms with E-state index >= 15 is 0 Å². The molecule has 0 saturated carbocycles. The Labute approximate surface area is 243 Å². The predicted octanol–water partition coefficient (Wildman–Crippen LogP) is 2.34. The second kappa shape index (κ2) is 13.1. The van der Waals surface area contributed by atoms with Crippen molar-refractivity contribution >= 4 is 71.5 Å². The van der Waals surface area contributed by atoms with Gasteiger partial charge in [-0.1, -0.05) is 11.3 Å². The van der Waals surface area contributed by atoms with Gasteiger partial charge in [0, 0.05) is 18.5 Å². The maximum atomic E-state index is 12.8. The molecule has 0 spiro atoms. The van der Waals surface area contributed by atoms with Crippen LogP contribution in [0, 0.1) is 0 Å². The number of sulfone groups is 1. The molecule has 0 radical (unpaired) electrons. The van der Waals surface area contributed by atoms with Gasteiger partial charge in [0.15, 0.2) is 14.6 Å². The Morgan fingerprint density at radius 3 is 2.56 bits per heavy atom. The molecular formula is C26H29N3O9S3. The summed E-state index contributed by atoms with van der Waals surface area (Å²) in [6.45, 7) is 2.54. The summed E-state index contributed by atoms with van der Waals surface area (Å²) in [7, 11) is -1.44. The van der Waals surface area contributed by atoms with Gasteiger partial charge in [-0.15, -0.1) is 11.3 Å². The summed E-state index contributed by atoms with van der Waals surface area (Å²) in [5.74, 6) is -4.86. The molecule has 4 rings (SSSR count). The van der Waals surface area contributed by atoms with Crippen molar-refractivity contribution in [2.45, 2.75) is 32.7 Å². The van der Waals surface area contributed by atoms with Crippen molar-refractivity contribution in [3.05, 3.63) is 44.6 Å². The number of thiophene rings is 1. The van der Waals surface area contributed by atoms with Crippen LogP contribution in [0.5, 0.6) is 0 Å². The number of hydrogen-bond donors (Lipinski definition) is 1. The van der Waals surface area contributed by atoms with Crippen molar-refractivity contribution in [1.29, 1.82) is 0 Å². The fourth-order valence-electron chi connectivity index (χ4n) is 4.45. The summed E-state index contributed by atoms with van der Waals surface area (Å²) in [6.07, 6.45) is 2.32. The van der Waals surface area contributed by atoms with Crippen LogP contribution < -0.4 is 10.1 Å². The summed E-state index contributed by atoms with van der Waals surface area (Å²) in [5, 5.41) is 2.75. The van der Waals surface area contributed by atoms with Crippen molar-refractivity contribution in [2.24, 2.45) is 4.99 Å². The molecule has 0 unspecified atom stereocenters. The van der Waals surface area contributed by atoms with Crippen LogP contribution in [0.15, 0.2) is 23.2 Å². The molecule has 0 atom stereocenters. The molecule has 1 aromatic carbocycles. The minimum atomic E-state index is -4.20. The molecule has 2 aromatic heterocycles. The number of carbonyl (C=O) groups is 4. The third kappa shape index (κ3) is 7.09. The first-order valence-electron chi connectivity index (χ1n) is 12.7. The Bertz CT molecular complexity index is 1680. The first-order chi connectivity index (χ1) is 19.6. The van der Waals surface area contributed by atoms with E-state index in [1.54, 1.807) is 29.7 Å². The highest BCUT2D eigenvalue weighted by molar-refractivity contribution is 7.92. The number of nitrogens with zero attached hydrogens (tertiary/aromatic N) is 2. The number of nitrogens with one attached hydrogen (secondary N) is 1. The molecule has 2 amide bonds. The number of anilines is 1. The number of carbonyl (C=O) groups excluding carboxylic acids is 4. The number of rotatable bonds is 11. The predicted molar refractivity (Wildman–Crippen MR) is 153 cm³/mol. The zero-order valence-electron chi connectivity index (χ0n) is 22.7. The van der Waals surface area contributed by atoms with Crippen LogP contribution in [0.3, 0.4) is 0 Å². The van der Waals surface area contributed by atoms with Crippen LogP contribution >= 0.6 is 22.7 Å². The molecule has 0 aliphatic heterocycles. The molecule has 41 heavy (non-hydrogen) atoms. The summed E-state index contributed by atoms with van der Waals surface area (Å²) in [4.78, 5) is 55.1. The summed E-state index contributed by atoms with van der Waals surface area (Å²) in [5.41, 5.74) is 2.07. The molecule has 1 aliphatic rings. The van der Waals surface area contributed by atoms with Crippen LogP contribution in [0.25, 0.3) is 10.2 Å². The van der Waals surface area contributed by atoms with E-state index in [4.69, 9.17) is 14.2 Å². The maximum absolute atomic E-state index is 12.8. The van der Waals surface area contributed by atoms with Crippen LogP contribution in [-0.4, -0.2) is 75.7 Å². The van der Waals surface area contributed by atoms with Gasteiger partial charge in [-0.05, 0) is 49.9 Å². The highest BCUT2D eigenvalue weighted by Gasteiger charge is 2.29. The number of thiazole rings is 1. The van der Waals surface area contributed by atoms with E-state index < -0.39 is 45.1 Å². The lowest BCUT2D eigenvalue weighted by atomic mass is 10.1. The highest BCUT2D eigenvalue weighted by atomic mass is 32.2. The summed E-state index contributed by atoms with van der Waals surface area (Å²) >= 11 is 2.33. The van der Waals surface area contributed by atoms with Crippen LogP contribution in [0.1, 0.15) is 44.5 Å². The number of ether oxygens (including phenoxy) is 3. The van der Waals surface area contributed by atoms with Crippen LogP contribution in [0.2, 0.25) is 0 Å². The molecular weight excluding hydrogens is 594 g/mol. The number of aromatic nitrogens is 1. The lowest BCUT2D eigenvalue weighted by molar-refractivity contribution is -0.115. The fourth-order valence-corrected chi connectivity index (χ4v) is 7.87. The van der Waals surface area contributed by atoms with Gasteiger partial charge in [0.2, 0.25) is 5.91 Å². The quantitative estimate of drug-likeness (QED) is 0.316. The Morgan fingerprint density at radius 1 is 1.07 bits per heavy atom. The minimum absolute atomic E-state index is 0.221. The summed E-state index contributed by atoms with van der Waals surface area (Å²) < 4.78 is 42.9. The molecule has 0 fully saturated rings. The van der Waals surface area contributed by atoms with E-state index in [1.807, 2.05) is 0 Å². The molecule has 0 saturated heterocycles. The van der Waals surface area contributed by atoms with Crippen molar-refractivity contribution in [3.8, 4) is 0 Å². The lowest BCUT2D eigenvalue weighted by Gasteiger charge is -2.07. The molecule has 1 aliphatic carbocycles. The van der Waals surface area contributed by atoms with Crippen molar-refractivity contribution in [1.82, 2.24) is 4.57 Å². The standard InChI is InChI=1S/C26H29N3O9S3/c1-4-38-24(32)15-8-9-17-19(12-15)40-26(29(17)10-11-36-2)28-21(31)14-41(34,35)13-20(30)27-23-22(25(33)37-3)16-6-5-7-18(16)39-23/h8-9,12H,4-7,10-11,13-14H2,1-3H3,(H,27,30). The molecule has 15 heteroatoms. The van der Waals surface area contributed by atoms with Crippen molar-refractivity contribution in [3.63, 3.8) is 0 Å². The number of aryl methyl sites for hydroxylation is 1. The van der Waals surface area contributed by atoms with Gasteiger partial charge in [0.25, 0.3) is 5.91 Å². The molecule has 3 aromatic rings. The first-order valence-corrected chi connectivity index (χ1v) is 16.1. The van der Waals surface area contributed by atoms with Gasteiger partial charge in [0.05, 0.1) is 41.7 Å². The molecule has 2 heterocycles. The van der Waals surface area contributed by atoms with Gasteiger partial charge >= 0.3 is 11.9 Å². The zero-order valence-corrected chi connectivity index (χ0v) is 25.1. The Morgan fingerprint density at radius 2 is 1.85 bits per heavy atom. The monoisotopic (exact) mass is 623 g/mol. The second-order valence-electron chi connectivity index (χ2n) is 9.07. The first kappa shape index (κ1) is 30.6. The third-order valence-corrected chi connectivity index (χ3v) is 9.83. The van der Waals surface area contributed by atoms with Gasteiger partial charge in [-0.2, -0.15) is 4.99 Å². The second-order valence-corrected chi connectivity index (χ2v) is 13.2. The van der Waals surface area contributed by atoms with E-state index in [-0.39, 0.29) is 22.0 Å². The van der Waals surface area contributed by atoms with Gasteiger partial charge in [-0.25, -0.2) is 18.0 Å². The molecule has 0 bridgehead atoms. The fraction of sp³-hybridized carbons (Fsp3) is 0.423. The minimum Gasteiger partial charge on any atom is -0.465 e. The van der Waals surface area contributed by atoms with Crippen LogP contribution in [-0.2, 0) is 53.0 Å². The normalized spacial score (nSPS) is 13.3. The number of hydrogen-bond acceptors (Lipinski definition) is 11. The van der Waals surface area contributed by atoms with E-state index in [0.717, 1.165) is 34.6 Å². The number of esters is 2. The van der Waals surface area contributed by atoms with E-state index in [9.17, 15) is 27.6 Å². The maximum Gasteiger partial charge on any atom is 0.341 e. The summed E-state index contributed by atoms with van der Waals surface area (Å²) in [6, 6.07) is 4.91. The smallest absolute Gasteiger partial charge is 0.341 e. The van der Waals surface area contributed by atoms with Gasteiger partial charge in [-0.3, -0.25) is 9.59 Å². The third-order valence-electron chi connectivity index (χ3n) is 6.19. The molecule has 12 nitrogen and oxygen atoms in total. The number of fused-ring (bicyclic) bond motifs is 2. The molecule has 220 valence electrons. The number of amides is 2. The topological polar surface area (TPSA) is 159 Å². The highest BCUT2D eigenvalue weighted by Crippen LogP contribution is 2.39. The van der Waals surface area contributed by atoms with E-state index in [1.165, 1.54) is 25.6 Å². The van der Waals surface area contributed by atoms with Crippen molar-refractivity contribution < 1.29 is 41.8 Å². The lowest BCUT2D eigenvalue weighted by Crippen LogP contribution is -2.28. The van der Waals surface area contributed by atoms with Gasteiger partial charge in [0.1, 0.15) is 16.5 Å². The average molecular weight is 624 g/mol. The SMILES string of the molecule is CCOC(=O)c1ccc2c(c1)sc(=NC(=O)CS(=O)(=O)CC(=O)Nc1sc3c(c1C(=O)OC)CCC3)n2CCOC. The Hall–Kier alpha value is -3.40. The Kier molecular flexibility index (Phi) is 9.73. The average Bonchev–Trinajstić information content (AvgIpc) is 3.58. The van der Waals surface area contributed by atoms with Crippen LogP contribution in [0.4, 0.5) is 5.00 Å². The number of benzene rings is 1. The number of methoxy groups -OCH3 is 2. The van der Waals surface area contributed by atoms with Gasteiger partial charge < -0.3 is 24.1 Å². The van der Waals surface area contributed by atoms with E-state index in [2.05, 4.69) is 10.3 Å². The molecule has 1 N–H and O–H groups in total. The van der Waals surface area contributed by atoms with Crippen molar-refractivity contribution in [2.75, 3.05) is 44.3 Å². The zero-order chi connectivity index (χ0) is 29.7. The Balaban J connectivity index is 1.52.